The molecule has 0 aromatic carbocycles. The molecule has 1 aromatic heterocycles. The SMILES string of the molecule is Cc1cc(CNC(C)CCN)on1. The van der Waals surface area contributed by atoms with E-state index in [0.29, 0.717) is 12.6 Å². The van der Waals surface area contributed by atoms with Gasteiger partial charge in [-0.3, -0.25) is 0 Å². The molecular formula is C9H17N3O. The molecule has 0 aliphatic carbocycles. The van der Waals surface area contributed by atoms with Gasteiger partial charge in [0, 0.05) is 12.1 Å². The lowest BCUT2D eigenvalue weighted by Crippen LogP contribution is -2.27. The van der Waals surface area contributed by atoms with Gasteiger partial charge in [-0.2, -0.15) is 0 Å². The van der Waals surface area contributed by atoms with E-state index in [1.165, 1.54) is 0 Å². The molecule has 0 aliphatic rings. The summed E-state index contributed by atoms with van der Waals surface area (Å²) >= 11 is 0. The first-order valence-electron chi connectivity index (χ1n) is 4.58. The Morgan fingerprint density at radius 3 is 3.00 bits per heavy atom. The quantitative estimate of drug-likeness (QED) is 0.709. The number of hydrogen-bond acceptors (Lipinski definition) is 4. The van der Waals surface area contributed by atoms with E-state index in [4.69, 9.17) is 10.3 Å². The first-order chi connectivity index (χ1) is 6.22. The Morgan fingerprint density at radius 1 is 1.69 bits per heavy atom. The van der Waals surface area contributed by atoms with Crippen LogP contribution in [0.4, 0.5) is 0 Å². The third-order valence-corrected chi connectivity index (χ3v) is 1.90. The van der Waals surface area contributed by atoms with Crippen LogP contribution in [0, 0.1) is 6.92 Å². The van der Waals surface area contributed by atoms with E-state index in [1.54, 1.807) is 0 Å². The van der Waals surface area contributed by atoms with Gasteiger partial charge in [0.05, 0.1) is 12.2 Å². The van der Waals surface area contributed by atoms with Crippen LogP contribution in [-0.2, 0) is 6.54 Å². The molecule has 0 aliphatic heterocycles. The fraction of sp³-hybridized carbons (Fsp3) is 0.667. The Hall–Kier alpha value is -0.870. The van der Waals surface area contributed by atoms with Crippen LogP contribution in [0.25, 0.3) is 0 Å². The molecule has 0 bridgehead atoms. The topological polar surface area (TPSA) is 64.1 Å². The van der Waals surface area contributed by atoms with Gasteiger partial charge in [0.15, 0.2) is 5.76 Å². The average molecular weight is 183 g/mol. The van der Waals surface area contributed by atoms with Crippen molar-refractivity contribution in [2.75, 3.05) is 6.54 Å². The van der Waals surface area contributed by atoms with Gasteiger partial charge in [0.2, 0.25) is 0 Å². The van der Waals surface area contributed by atoms with Crippen molar-refractivity contribution in [2.24, 2.45) is 5.73 Å². The number of rotatable bonds is 5. The van der Waals surface area contributed by atoms with Crippen molar-refractivity contribution in [3.8, 4) is 0 Å². The molecule has 74 valence electrons. The third-order valence-electron chi connectivity index (χ3n) is 1.90. The van der Waals surface area contributed by atoms with Gasteiger partial charge in [0.1, 0.15) is 0 Å². The Morgan fingerprint density at radius 2 is 2.46 bits per heavy atom. The van der Waals surface area contributed by atoms with Crippen LogP contribution in [-0.4, -0.2) is 17.7 Å². The summed E-state index contributed by atoms with van der Waals surface area (Å²) in [5, 5.41) is 7.10. The number of aromatic nitrogens is 1. The molecular weight excluding hydrogens is 166 g/mol. The van der Waals surface area contributed by atoms with E-state index < -0.39 is 0 Å². The molecule has 0 radical (unpaired) electrons. The standard InChI is InChI=1S/C9H17N3O/c1-7(3-4-10)11-6-9-5-8(2)12-13-9/h5,7,11H,3-4,6,10H2,1-2H3. The Bertz CT molecular complexity index is 247. The molecule has 1 aromatic rings. The van der Waals surface area contributed by atoms with Crippen LogP contribution in [0.5, 0.6) is 0 Å². The van der Waals surface area contributed by atoms with Crippen LogP contribution in [0.3, 0.4) is 0 Å². The second-order valence-electron chi connectivity index (χ2n) is 3.29. The lowest BCUT2D eigenvalue weighted by atomic mass is 10.2. The van der Waals surface area contributed by atoms with Crippen molar-refractivity contribution in [1.29, 1.82) is 0 Å². The van der Waals surface area contributed by atoms with Crippen LogP contribution in [0.1, 0.15) is 24.8 Å². The summed E-state index contributed by atoms with van der Waals surface area (Å²) in [4.78, 5) is 0. The van der Waals surface area contributed by atoms with E-state index in [0.717, 1.165) is 24.4 Å². The fourth-order valence-electron chi connectivity index (χ4n) is 1.13. The summed E-state index contributed by atoms with van der Waals surface area (Å²) < 4.78 is 5.05. The zero-order valence-electron chi connectivity index (χ0n) is 8.21. The zero-order chi connectivity index (χ0) is 9.68. The summed E-state index contributed by atoms with van der Waals surface area (Å²) in [7, 11) is 0. The van der Waals surface area contributed by atoms with Crippen LogP contribution >= 0.6 is 0 Å². The van der Waals surface area contributed by atoms with E-state index in [9.17, 15) is 0 Å². The number of nitrogens with one attached hydrogen (secondary N) is 1. The van der Waals surface area contributed by atoms with Gasteiger partial charge in [0.25, 0.3) is 0 Å². The predicted octanol–water partition coefficient (Wildman–Crippen LogP) is 0.810. The van der Waals surface area contributed by atoms with Gasteiger partial charge in [-0.15, -0.1) is 0 Å². The largest absolute Gasteiger partial charge is 0.360 e. The molecule has 0 amide bonds. The van der Waals surface area contributed by atoms with Crippen molar-refractivity contribution in [1.82, 2.24) is 10.5 Å². The van der Waals surface area contributed by atoms with Crippen molar-refractivity contribution >= 4 is 0 Å². The lowest BCUT2D eigenvalue weighted by molar-refractivity contribution is 0.360. The number of nitrogens with two attached hydrogens (primary N) is 1. The minimum atomic E-state index is 0.426. The van der Waals surface area contributed by atoms with Crippen molar-refractivity contribution < 1.29 is 4.52 Å². The number of nitrogens with zero attached hydrogens (tertiary/aromatic N) is 1. The number of hydrogen-bond donors (Lipinski definition) is 2. The van der Waals surface area contributed by atoms with Crippen LogP contribution < -0.4 is 11.1 Å². The fourth-order valence-corrected chi connectivity index (χ4v) is 1.13. The van der Waals surface area contributed by atoms with Gasteiger partial charge in [-0.05, 0) is 26.8 Å². The minimum Gasteiger partial charge on any atom is -0.360 e. The molecule has 1 heterocycles. The van der Waals surface area contributed by atoms with Gasteiger partial charge >= 0.3 is 0 Å². The summed E-state index contributed by atoms with van der Waals surface area (Å²) in [6, 6.07) is 2.36. The molecule has 0 saturated heterocycles. The molecule has 3 N–H and O–H groups in total. The van der Waals surface area contributed by atoms with E-state index >= 15 is 0 Å². The highest BCUT2D eigenvalue weighted by atomic mass is 16.5. The smallest absolute Gasteiger partial charge is 0.150 e. The minimum absolute atomic E-state index is 0.426. The highest BCUT2D eigenvalue weighted by Gasteiger charge is 2.03. The molecule has 13 heavy (non-hydrogen) atoms. The Kier molecular flexibility index (Phi) is 3.92. The van der Waals surface area contributed by atoms with Crippen molar-refractivity contribution in [2.45, 2.75) is 32.9 Å². The van der Waals surface area contributed by atoms with Gasteiger partial charge in [-0.25, -0.2) is 0 Å². The molecule has 4 heteroatoms. The normalized spacial score (nSPS) is 13.2. The lowest BCUT2D eigenvalue weighted by Gasteiger charge is -2.10. The second kappa shape index (κ2) is 4.99. The van der Waals surface area contributed by atoms with Gasteiger partial charge < -0.3 is 15.6 Å². The average Bonchev–Trinajstić information content (AvgIpc) is 2.49. The maximum Gasteiger partial charge on any atom is 0.150 e. The Balaban J connectivity index is 2.26. The highest BCUT2D eigenvalue weighted by Crippen LogP contribution is 2.02. The van der Waals surface area contributed by atoms with Crippen LogP contribution in [0.2, 0.25) is 0 Å². The molecule has 1 atom stereocenters. The highest BCUT2D eigenvalue weighted by molar-refractivity contribution is 5.02. The summed E-state index contributed by atoms with van der Waals surface area (Å²) in [6.07, 6.45) is 0.979. The van der Waals surface area contributed by atoms with E-state index in [1.807, 2.05) is 13.0 Å². The second-order valence-corrected chi connectivity index (χ2v) is 3.29. The summed E-state index contributed by atoms with van der Waals surface area (Å²) in [6.45, 7) is 5.46. The molecule has 0 fully saturated rings. The summed E-state index contributed by atoms with van der Waals surface area (Å²) in [5.74, 6) is 0.876. The van der Waals surface area contributed by atoms with Crippen molar-refractivity contribution in [3.05, 3.63) is 17.5 Å². The van der Waals surface area contributed by atoms with Crippen molar-refractivity contribution in [3.63, 3.8) is 0 Å². The Labute approximate surface area is 78.5 Å². The van der Waals surface area contributed by atoms with Crippen LogP contribution in [0.15, 0.2) is 10.6 Å². The predicted molar refractivity (Wildman–Crippen MR) is 51.2 cm³/mol. The monoisotopic (exact) mass is 183 g/mol. The first-order valence-corrected chi connectivity index (χ1v) is 4.58. The molecule has 1 unspecified atom stereocenters. The molecule has 1 rings (SSSR count). The van der Waals surface area contributed by atoms with E-state index in [-0.39, 0.29) is 0 Å². The molecule has 0 saturated carbocycles. The zero-order valence-corrected chi connectivity index (χ0v) is 8.21. The number of aryl methyl sites for hydroxylation is 1. The molecule has 4 nitrogen and oxygen atoms in total. The molecule has 0 spiro atoms. The first kappa shape index (κ1) is 10.2. The van der Waals surface area contributed by atoms with Gasteiger partial charge in [-0.1, -0.05) is 5.16 Å². The summed E-state index contributed by atoms with van der Waals surface area (Å²) in [5.41, 5.74) is 6.35. The van der Waals surface area contributed by atoms with E-state index in [2.05, 4.69) is 17.4 Å². The third kappa shape index (κ3) is 3.57. The maximum absolute atomic E-state index is 5.43. The maximum atomic E-state index is 5.43.